The Morgan fingerprint density at radius 2 is 1.90 bits per heavy atom. The van der Waals surface area contributed by atoms with Crippen molar-refractivity contribution < 1.29 is 9.84 Å². The predicted octanol–water partition coefficient (Wildman–Crippen LogP) is 3.67. The van der Waals surface area contributed by atoms with E-state index in [9.17, 15) is 5.11 Å². The first-order valence-electron chi connectivity index (χ1n) is 7.24. The van der Waals surface area contributed by atoms with E-state index in [2.05, 4.69) is 23.7 Å². The summed E-state index contributed by atoms with van der Waals surface area (Å²) in [5.74, 6) is 0.836. The highest BCUT2D eigenvalue weighted by atomic mass is 32.1. The lowest BCUT2D eigenvalue weighted by atomic mass is 10.1. The lowest BCUT2D eigenvalue weighted by Gasteiger charge is -2.14. The molecule has 2 rings (SSSR count). The second-order valence-corrected chi connectivity index (χ2v) is 6.41. The van der Waals surface area contributed by atoms with Gasteiger partial charge in [-0.2, -0.15) is 0 Å². The summed E-state index contributed by atoms with van der Waals surface area (Å²) in [4.78, 5) is 1.32. The summed E-state index contributed by atoms with van der Waals surface area (Å²) in [7, 11) is 0. The van der Waals surface area contributed by atoms with Crippen LogP contribution in [0, 0.1) is 6.92 Å². The number of rotatable bonds is 7. The Morgan fingerprint density at radius 1 is 1.19 bits per heavy atom. The highest BCUT2D eigenvalue weighted by Crippen LogP contribution is 2.19. The van der Waals surface area contributed by atoms with Gasteiger partial charge in [-0.3, -0.25) is 0 Å². The van der Waals surface area contributed by atoms with Crippen LogP contribution < -0.4 is 10.1 Å². The second kappa shape index (κ2) is 7.59. The molecular weight excluding hydrogens is 282 g/mol. The van der Waals surface area contributed by atoms with Gasteiger partial charge in [0.15, 0.2) is 0 Å². The average molecular weight is 305 g/mol. The van der Waals surface area contributed by atoms with Crippen molar-refractivity contribution >= 4 is 11.3 Å². The summed E-state index contributed by atoms with van der Waals surface area (Å²) in [6, 6.07) is 9.76. The molecule has 0 bridgehead atoms. The van der Waals surface area contributed by atoms with E-state index in [4.69, 9.17) is 4.74 Å². The zero-order valence-electron chi connectivity index (χ0n) is 12.8. The molecule has 21 heavy (non-hydrogen) atoms. The average Bonchev–Trinajstić information content (AvgIpc) is 2.84. The summed E-state index contributed by atoms with van der Waals surface area (Å²) in [6.45, 7) is 7.45. The van der Waals surface area contributed by atoms with Crippen molar-refractivity contribution in [2.75, 3.05) is 6.54 Å². The number of aliphatic hydroxyl groups excluding tert-OH is 1. The van der Waals surface area contributed by atoms with Crippen LogP contribution in [-0.2, 0) is 6.54 Å². The highest BCUT2D eigenvalue weighted by molar-refractivity contribution is 7.10. The van der Waals surface area contributed by atoms with Gasteiger partial charge in [0.05, 0.1) is 12.2 Å². The molecule has 4 heteroatoms. The van der Waals surface area contributed by atoms with E-state index in [1.54, 1.807) is 11.3 Å². The molecule has 1 atom stereocenters. The van der Waals surface area contributed by atoms with Crippen molar-refractivity contribution in [1.29, 1.82) is 0 Å². The number of thiophene rings is 1. The molecule has 0 fully saturated rings. The molecule has 0 spiro atoms. The summed E-state index contributed by atoms with van der Waals surface area (Å²) in [5.41, 5.74) is 2.21. The largest absolute Gasteiger partial charge is 0.491 e. The Labute approximate surface area is 130 Å². The van der Waals surface area contributed by atoms with Gasteiger partial charge in [-0.1, -0.05) is 12.1 Å². The van der Waals surface area contributed by atoms with Gasteiger partial charge in [-0.15, -0.1) is 11.3 Å². The quantitative estimate of drug-likeness (QED) is 0.820. The van der Waals surface area contributed by atoms with Crippen LogP contribution in [0.25, 0.3) is 0 Å². The predicted molar refractivity (Wildman–Crippen MR) is 87.9 cm³/mol. The minimum atomic E-state index is -0.502. The van der Waals surface area contributed by atoms with Gasteiger partial charge in [-0.05, 0) is 55.5 Å². The number of hydrogen-bond donors (Lipinski definition) is 2. The lowest BCUT2D eigenvalue weighted by molar-refractivity contribution is 0.174. The number of hydrogen-bond acceptors (Lipinski definition) is 4. The third kappa shape index (κ3) is 4.84. The van der Waals surface area contributed by atoms with Crippen molar-refractivity contribution in [3.8, 4) is 5.75 Å². The number of aliphatic hydroxyl groups is 1. The minimum Gasteiger partial charge on any atom is -0.491 e. The lowest BCUT2D eigenvalue weighted by Crippen LogP contribution is -2.20. The molecule has 0 amide bonds. The zero-order valence-corrected chi connectivity index (χ0v) is 13.6. The fourth-order valence-corrected chi connectivity index (χ4v) is 2.94. The Bertz CT molecular complexity index is 548. The maximum Gasteiger partial charge on any atom is 0.119 e. The van der Waals surface area contributed by atoms with Gasteiger partial charge in [0.25, 0.3) is 0 Å². The first kappa shape index (κ1) is 16.0. The first-order chi connectivity index (χ1) is 10.1. The van der Waals surface area contributed by atoms with Gasteiger partial charge < -0.3 is 15.2 Å². The highest BCUT2D eigenvalue weighted by Gasteiger charge is 2.08. The maximum absolute atomic E-state index is 10.2. The van der Waals surface area contributed by atoms with Gasteiger partial charge in [0.1, 0.15) is 5.75 Å². The van der Waals surface area contributed by atoms with Crippen molar-refractivity contribution in [2.24, 2.45) is 0 Å². The number of ether oxygens (including phenoxy) is 1. The molecule has 3 nitrogen and oxygen atoms in total. The van der Waals surface area contributed by atoms with E-state index in [0.29, 0.717) is 6.54 Å². The minimum absolute atomic E-state index is 0.163. The number of benzene rings is 1. The van der Waals surface area contributed by atoms with E-state index in [1.807, 2.05) is 38.1 Å². The molecule has 0 saturated carbocycles. The molecule has 2 aromatic rings. The van der Waals surface area contributed by atoms with E-state index in [0.717, 1.165) is 17.9 Å². The van der Waals surface area contributed by atoms with Crippen LogP contribution >= 0.6 is 11.3 Å². The Balaban J connectivity index is 1.82. The first-order valence-corrected chi connectivity index (χ1v) is 8.12. The molecule has 0 radical (unpaired) electrons. The molecule has 1 aromatic heterocycles. The van der Waals surface area contributed by atoms with Crippen molar-refractivity contribution in [3.63, 3.8) is 0 Å². The van der Waals surface area contributed by atoms with Crippen LogP contribution in [0.3, 0.4) is 0 Å². The zero-order chi connectivity index (χ0) is 15.2. The molecule has 0 aliphatic carbocycles. The fraction of sp³-hybridized carbons (Fsp3) is 0.412. The molecule has 0 aliphatic rings. The summed E-state index contributed by atoms with van der Waals surface area (Å²) in [6.07, 6.45) is -0.338. The topological polar surface area (TPSA) is 41.5 Å². The monoisotopic (exact) mass is 305 g/mol. The van der Waals surface area contributed by atoms with Gasteiger partial charge >= 0.3 is 0 Å². The smallest absolute Gasteiger partial charge is 0.119 e. The van der Waals surface area contributed by atoms with E-state index < -0.39 is 6.10 Å². The molecule has 114 valence electrons. The Kier molecular flexibility index (Phi) is 5.79. The van der Waals surface area contributed by atoms with Gasteiger partial charge in [-0.25, -0.2) is 0 Å². The maximum atomic E-state index is 10.2. The molecule has 0 aliphatic heterocycles. The molecule has 1 heterocycles. The third-order valence-electron chi connectivity index (χ3n) is 3.23. The van der Waals surface area contributed by atoms with Crippen LogP contribution in [0.4, 0.5) is 0 Å². The van der Waals surface area contributed by atoms with Crippen LogP contribution in [0.2, 0.25) is 0 Å². The van der Waals surface area contributed by atoms with Crippen molar-refractivity contribution in [3.05, 3.63) is 51.7 Å². The second-order valence-electron chi connectivity index (χ2n) is 5.41. The van der Waals surface area contributed by atoms with Crippen LogP contribution in [0.1, 0.15) is 36.0 Å². The number of aryl methyl sites for hydroxylation is 1. The Hall–Kier alpha value is -1.36. The summed E-state index contributed by atoms with van der Waals surface area (Å²) in [5, 5.41) is 15.6. The Morgan fingerprint density at radius 3 is 2.48 bits per heavy atom. The normalized spacial score (nSPS) is 12.6. The van der Waals surface area contributed by atoms with Crippen molar-refractivity contribution in [2.45, 2.75) is 39.5 Å². The summed E-state index contributed by atoms with van der Waals surface area (Å²) < 4.78 is 5.60. The molecular formula is C17H23NO2S. The number of nitrogens with one attached hydrogen (secondary N) is 1. The SMILES string of the molecule is Cc1ccsc1CNCC(O)c1ccc(OC(C)C)cc1. The van der Waals surface area contributed by atoms with Crippen LogP contribution in [0.5, 0.6) is 5.75 Å². The van der Waals surface area contributed by atoms with Gasteiger partial charge in [0.2, 0.25) is 0 Å². The van der Waals surface area contributed by atoms with Crippen molar-refractivity contribution in [1.82, 2.24) is 5.32 Å². The third-order valence-corrected chi connectivity index (χ3v) is 4.25. The standard InChI is InChI=1S/C17H23NO2S/c1-12(2)20-15-6-4-14(5-7-15)16(19)10-18-11-17-13(3)8-9-21-17/h4-9,12,16,18-19H,10-11H2,1-3H3. The van der Waals surface area contributed by atoms with Crippen LogP contribution in [-0.4, -0.2) is 17.8 Å². The van der Waals surface area contributed by atoms with E-state index in [1.165, 1.54) is 10.4 Å². The fourth-order valence-electron chi connectivity index (χ4n) is 2.07. The van der Waals surface area contributed by atoms with Gasteiger partial charge in [0, 0.05) is 18.0 Å². The molecule has 0 saturated heterocycles. The van der Waals surface area contributed by atoms with Crippen LogP contribution in [0.15, 0.2) is 35.7 Å². The molecule has 1 aromatic carbocycles. The molecule has 2 N–H and O–H groups in total. The van der Waals surface area contributed by atoms with E-state index >= 15 is 0 Å². The summed E-state index contributed by atoms with van der Waals surface area (Å²) >= 11 is 1.74. The van der Waals surface area contributed by atoms with E-state index in [-0.39, 0.29) is 6.10 Å². The molecule has 1 unspecified atom stereocenters.